The predicted octanol–water partition coefficient (Wildman–Crippen LogP) is 1.68. The number of carbonyl (C=O) groups is 1. The Morgan fingerprint density at radius 1 is 1.44 bits per heavy atom. The molecule has 0 saturated heterocycles. The highest BCUT2D eigenvalue weighted by atomic mass is 35.5. The summed E-state index contributed by atoms with van der Waals surface area (Å²) in [6, 6.07) is 2.81. The summed E-state index contributed by atoms with van der Waals surface area (Å²) in [5.74, 6) is -0.655. The number of carbonyl (C=O) groups excluding carboxylic acids is 1. The third-order valence-corrected chi connectivity index (χ3v) is 2.63. The van der Waals surface area contributed by atoms with Gasteiger partial charge in [-0.25, -0.2) is 9.18 Å². The minimum Gasteiger partial charge on any atom is -0.465 e. The van der Waals surface area contributed by atoms with Crippen LogP contribution in [0.3, 0.4) is 0 Å². The van der Waals surface area contributed by atoms with Crippen LogP contribution in [0.15, 0.2) is 12.1 Å². The van der Waals surface area contributed by atoms with Gasteiger partial charge in [0, 0.05) is 12.1 Å². The van der Waals surface area contributed by atoms with E-state index in [1.807, 2.05) is 0 Å². The van der Waals surface area contributed by atoms with Crippen LogP contribution in [0.5, 0.6) is 0 Å². The van der Waals surface area contributed by atoms with E-state index in [1.165, 1.54) is 19.2 Å². The number of hydrogen-bond donors (Lipinski definition) is 1. The zero-order valence-electron chi connectivity index (χ0n) is 8.88. The van der Waals surface area contributed by atoms with Gasteiger partial charge in [-0.1, -0.05) is 0 Å². The maximum Gasteiger partial charge on any atom is 0.338 e. The molecule has 0 aliphatic carbocycles. The lowest BCUT2D eigenvalue weighted by Crippen LogP contribution is -2.26. The van der Waals surface area contributed by atoms with Crippen molar-refractivity contribution >= 4 is 18.4 Å². The molecule has 5 heteroatoms. The highest BCUT2D eigenvalue weighted by Gasteiger charge is 2.20. The number of hydrogen-bond acceptors (Lipinski definition) is 3. The van der Waals surface area contributed by atoms with Crippen molar-refractivity contribution in [1.29, 1.82) is 0 Å². The van der Waals surface area contributed by atoms with Gasteiger partial charge in [-0.2, -0.15) is 0 Å². The number of methoxy groups -OCH3 is 1. The van der Waals surface area contributed by atoms with Crippen LogP contribution >= 0.6 is 12.4 Å². The van der Waals surface area contributed by atoms with Crippen molar-refractivity contribution in [3.63, 3.8) is 0 Å². The van der Waals surface area contributed by atoms with Gasteiger partial charge in [-0.3, -0.25) is 0 Å². The van der Waals surface area contributed by atoms with E-state index in [0.717, 1.165) is 12.1 Å². The quantitative estimate of drug-likeness (QED) is 0.765. The van der Waals surface area contributed by atoms with Crippen LogP contribution < -0.4 is 5.32 Å². The van der Waals surface area contributed by atoms with Crippen molar-refractivity contribution in [3.8, 4) is 0 Å². The summed E-state index contributed by atoms with van der Waals surface area (Å²) in [4.78, 5) is 11.4. The lowest BCUT2D eigenvalue weighted by Gasteiger charge is -2.19. The monoisotopic (exact) mass is 245 g/mol. The van der Waals surface area contributed by atoms with Crippen LogP contribution in [-0.2, 0) is 17.7 Å². The van der Waals surface area contributed by atoms with Crippen LogP contribution in [0.2, 0.25) is 0 Å². The van der Waals surface area contributed by atoms with Crippen molar-refractivity contribution in [2.45, 2.75) is 13.0 Å². The van der Waals surface area contributed by atoms with Crippen molar-refractivity contribution < 1.29 is 13.9 Å². The Labute approximate surface area is 99.4 Å². The van der Waals surface area contributed by atoms with Gasteiger partial charge in [-0.15, -0.1) is 12.4 Å². The Morgan fingerprint density at radius 2 is 2.19 bits per heavy atom. The number of rotatable bonds is 1. The summed E-state index contributed by atoms with van der Waals surface area (Å²) in [6.07, 6.45) is 0.664. The molecule has 0 atom stereocenters. The number of nitrogens with one attached hydrogen (secondary N) is 1. The smallest absolute Gasteiger partial charge is 0.338 e. The Balaban J connectivity index is 0.00000128. The SMILES string of the molecule is COC(=O)c1ccc(F)c2c1CCNC2.Cl. The first-order valence-electron chi connectivity index (χ1n) is 4.83. The molecule has 0 spiro atoms. The highest BCUT2D eigenvalue weighted by molar-refractivity contribution is 5.91. The van der Waals surface area contributed by atoms with Gasteiger partial charge < -0.3 is 10.1 Å². The fourth-order valence-electron chi connectivity index (χ4n) is 1.87. The molecule has 1 aliphatic rings. The number of benzene rings is 1. The maximum atomic E-state index is 13.4. The summed E-state index contributed by atoms with van der Waals surface area (Å²) in [7, 11) is 1.33. The largest absolute Gasteiger partial charge is 0.465 e. The number of halogens is 2. The molecular formula is C11H13ClFNO2. The Bertz CT molecular complexity index is 409. The van der Waals surface area contributed by atoms with Gasteiger partial charge in [0.15, 0.2) is 0 Å². The van der Waals surface area contributed by atoms with Crippen LogP contribution in [0.4, 0.5) is 4.39 Å². The lowest BCUT2D eigenvalue weighted by molar-refractivity contribution is 0.0599. The molecule has 0 unspecified atom stereocenters. The molecule has 1 aromatic carbocycles. The fraction of sp³-hybridized carbons (Fsp3) is 0.364. The van der Waals surface area contributed by atoms with Gasteiger partial charge in [0.1, 0.15) is 5.82 Å². The molecule has 0 saturated carbocycles. The maximum absolute atomic E-state index is 13.4. The number of fused-ring (bicyclic) bond motifs is 1. The van der Waals surface area contributed by atoms with Crippen LogP contribution in [0, 0.1) is 5.82 Å². The molecule has 0 aromatic heterocycles. The molecule has 2 rings (SSSR count). The average molecular weight is 246 g/mol. The van der Waals surface area contributed by atoms with E-state index in [0.29, 0.717) is 24.1 Å². The summed E-state index contributed by atoms with van der Waals surface area (Å²) in [5.41, 5.74) is 1.85. The van der Waals surface area contributed by atoms with Crippen molar-refractivity contribution in [2.75, 3.05) is 13.7 Å². The van der Waals surface area contributed by atoms with Crippen LogP contribution in [0.1, 0.15) is 21.5 Å². The topological polar surface area (TPSA) is 38.3 Å². The van der Waals surface area contributed by atoms with Crippen molar-refractivity contribution in [2.24, 2.45) is 0 Å². The molecule has 1 aromatic rings. The molecule has 1 aliphatic heterocycles. The third kappa shape index (κ3) is 2.18. The fourth-order valence-corrected chi connectivity index (χ4v) is 1.87. The van der Waals surface area contributed by atoms with Gasteiger partial charge >= 0.3 is 5.97 Å². The molecule has 0 fully saturated rings. The standard InChI is InChI=1S/C11H12FNO2.ClH/c1-15-11(14)8-2-3-10(12)9-6-13-5-4-7(8)9;/h2-3,13H,4-6H2,1H3;1H. The lowest BCUT2D eigenvalue weighted by atomic mass is 9.95. The Hall–Kier alpha value is -1.13. The molecule has 0 amide bonds. The normalized spacial score (nSPS) is 13.6. The van der Waals surface area contributed by atoms with E-state index in [1.54, 1.807) is 0 Å². The van der Waals surface area contributed by atoms with Crippen molar-refractivity contribution in [1.82, 2.24) is 5.32 Å². The van der Waals surface area contributed by atoms with Gasteiger partial charge in [-0.05, 0) is 30.7 Å². The van der Waals surface area contributed by atoms with Gasteiger partial charge in [0.2, 0.25) is 0 Å². The molecule has 1 heterocycles. The van der Waals surface area contributed by atoms with E-state index in [9.17, 15) is 9.18 Å². The Kier molecular flexibility index (Phi) is 4.26. The highest BCUT2D eigenvalue weighted by Crippen LogP contribution is 2.22. The molecule has 3 nitrogen and oxygen atoms in total. The summed E-state index contributed by atoms with van der Waals surface area (Å²) < 4.78 is 18.1. The average Bonchev–Trinajstić information content (AvgIpc) is 2.29. The molecule has 0 radical (unpaired) electrons. The minimum absolute atomic E-state index is 0. The molecular weight excluding hydrogens is 233 g/mol. The third-order valence-electron chi connectivity index (χ3n) is 2.63. The number of ether oxygens (including phenoxy) is 1. The van der Waals surface area contributed by atoms with E-state index >= 15 is 0 Å². The van der Waals surface area contributed by atoms with E-state index in [-0.39, 0.29) is 18.2 Å². The van der Waals surface area contributed by atoms with Gasteiger partial charge in [0.05, 0.1) is 12.7 Å². The van der Waals surface area contributed by atoms with Crippen LogP contribution in [0.25, 0.3) is 0 Å². The number of esters is 1. The second kappa shape index (κ2) is 5.27. The Morgan fingerprint density at radius 3 is 2.88 bits per heavy atom. The first-order valence-corrected chi connectivity index (χ1v) is 4.83. The molecule has 0 bridgehead atoms. The van der Waals surface area contributed by atoms with E-state index < -0.39 is 5.97 Å². The van der Waals surface area contributed by atoms with Crippen LogP contribution in [-0.4, -0.2) is 19.6 Å². The van der Waals surface area contributed by atoms with E-state index in [4.69, 9.17) is 0 Å². The second-order valence-corrected chi connectivity index (χ2v) is 3.47. The molecule has 16 heavy (non-hydrogen) atoms. The zero-order valence-corrected chi connectivity index (χ0v) is 9.70. The summed E-state index contributed by atoms with van der Waals surface area (Å²) >= 11 is 0. The molecule has 1 N–H and O–H groups in total. The minimum atomic E-state index is -0.395. The first kappa shape index (κ1) is 12.9. The summed E-state index contributed by atoms with van der Waals surface area (Å²) in [6.45, 7) is 1.24. The molecule has 88 valence electrons. The second-order valence-electron chi connectivity index (χ2n) is 3.47. The summed E-state index contributed by atoms with van der Waals surface area (Å²) in [5, 5.41) is 3.07. The van der Waals surface area contributed by atoms with E-state index in [2.05, 4.69) is 10.1 Å². The predicted molar refractivity (Wildman–Crippen MR) is 60.4 cm³/mol. The van der Waals surface area contributed by atoms with Gasteiger partial charge in [0.25, 0.3) is 0 Å². The van der Waals surface area contributed by atoms with Crippen molar-refractivity contribution in [3.05, 3.63) is 34.6 Å². The zero-order chi connectivity index (χ0) is 10.8. The first-order chi connectivity index (χ1) is 7.24.